The van der Waals surface area contributed by atoms with Crippen molar-refractivity contribution in [2.24, 2.45) is 0 Å². The fourth-order valence-electron chi connectivity index (χ4n) is 2.52. The van der Waals surface area contributed by atoms with Crippen molar-refractivity contribution in [1.29, 1.82) is 0 Å². The van der Waals surface area contributed by atoms with Crippen LogP contribution in [-0.2, 0) is 9.31 Å². The van der Waals surface area contributed by atoms with Crippen molar-refractivity contribution in [2.45, 2.75) is 52.7 Å². The van der Waals surface area contributed by atoms with Crippen LogP contribution in [0.4, 0.5) is 0 Å². The monoisotopic (exact) mass is 366 g/mol. The van der Waals surface area contributed by atoms with Gasteiger partial charge in [0.25, 0.3) is 0 Å². The highest BCUT2D eigenvalue weighted by atomic mass is 79.9. The van der Waals surface area contributed by atoms with Crippen LogP contribution in [0.15, 0.2) is 22.1 Å². The average molecular weight is 367 g/mol. The predicted octanol–water partition coefficient (Wildman–Crippen LogP) is 4.07. The first kappa shape index (κ1) is 17.7. The predicted molar refractivity (Wildman–Crippen MR) is 94.8 cm³/mol. The molecule has 5 heteroatoms. The molecule has 0 amide bonds. The highest BCUT2D eigenvalue weighted by Crippen LogP contribution is 2.39. The maximum Gasteiger partial charge on any atom is 0.492 e. The van der Waals surface area contributed by atoms with Crippen LogP contribution in [-0.4, -0.2) is 30.0 Å². The lowest BCUT2D eigenvalue weighted by Gasteiger charge is -2.32. The molecule has 0 unspecified atom stereocenters. The molecule has 0 atom stereocenters. The van der Waals surface area contributed by atoms with Crippen LogP contribution in [0.5, 0.6) is 0 Å². The minimum absolute atomic E-state index is 0.0915. The third-order valence-corrected chi connectivity index (χ3v) is 5.08. The number of aliphatic hydroxyl groups excluding tert-OH is 1. The molecule has 1 heterocycles. The minimum Gasteiger partial charge on any atom is -0.400 e. The van der Waals surface area contributed by atoms with Crippen LogP contribution in [0, 0.1) is 13.8 Å². The number of hydrogen-bond acceptors (Lipinski definition) is 3. The second kappa shape index (κ2) is 6.12. The molecule has 0 radical (unpaired) electrons. The van der Waals surface area contributed by atoms with E-state index in [0.29, 0.717) is 0 Å². The third kappa shape index (κ3) is 3.33. The van der Waals surface area contributed by atoms with Crippen molar-refractivity contribution in [3.05, 3.63) is 38.8 Å². The zero-order chi connectivity index (χ0) is 16.7. The lowest BCUT2D eigenvalue weighted by atomic mass is 9.77. The Morgan fingerprint density at radius 2 is 1.59 bits per heavy atom. The zero-order valence-corrected chi connectivity index (χ0v) is 15.7. The molecule has 2 rings (SSSR count). The Balaban J connectivity index is 2.38. The van der Waals surface area contributed by atoms with Gasteiger partial charge in [-0.1, -0.05) is 22.0 Å². The van der Waals surface area contributed by atoms with Crippen LogP contribution >= 0.6 is 15.9 Å². The van der Waals surface area contributed by atoms with Gasteiger partial charge in [0.1, 0.15) is 0 Å². The molecular formula is C17H24BBrO3. The van der Waals surface area contributed by atoms with E-state index < -0.39 is 18.3 Å². The molecule has 0 saturated carbocycles. The lowest BCUT2D eigenvalue weighted by Crippen LogP contribution is -2.41. The summed E-state index contributed by atoms with van der Waals surface area (Å²) in [6.45, 7) is 12.1. The topological polar surface area (TPSA) is 38.7 Å². The van der Waals surface area contributed by atoms with Crippen molar-refractivity contribution >= 4 is 29.1 Å². The quantitative estimate of drug-likeness (QED) is 0.819. The Morgan fingerprint density at radius 1 is 1.14 bits per heavy atom. The smallest absolute Gasteiger partial charge is 0.400 e. The van der Waals surface area contributed by atoms with Gasteiger partial charge < -0.3 is 14.4 Å². The molecule has 3 nitrogen and oxygen atoms in total. The third-order valence-electron chi connectivity index (χ3n) is 4.63. The van der Waals surface area contributed by atoms with Crippen molar-refractivity contribution in [3.8, 4) is 0 Å². The largest absolute Gasteiger partial charge is 0.492 e. The van der Waals surface area contributed by atoms with Crippen LogP contribution in [0.3, 0.4) is 0 Å². The summed E-state index contributed by atoms with van der Waals surface area (Å²) in [7, 11) is -0.516. The van der Waals surface area contributed by atoms with Crippen molar-refractivity contribution in [1.82, 2.24) is 0 Å². The van der Waals surface area contributed by atoms with Crippen LogP contribution < -0.4 is 0 Å². The maximum absolute atomic E-state index is 9.79. The van der Waals surface area contributed by atoms with Crippen LogP contribution in [0.1, 0.15) is 44.4 Å². The van der Waals surface area contributed by atoms with Gasteiger partial charge in [0.2, 0.25) is 0 Å². The Bertz CT molecular complexity index is 569. The minimum atomic E-state index is -0.516. The standard InChI is InChI=1S/C17H24BBrO3/c1-11-7-14(19)8-12(2)15(11)9-13(10-20)18-21-16(3,4)17(5,6)22-18/h7-9,20H,10H2,1-6H3. The van der Waals surface area contributed by atoms with Crippen LogP contribution in [0.2, 0.25) is 0 Å². The Hall–Kier alpha value is -0.615. The number of halogens is 1. The highest BCUT2D eigenvalue weighted by Gasteiger charge is 2.52. The Labute approximate surface area is 142 Å². The summed E-state index contributed by atoms with van der Waals surface area (Å²) in [6, 6.07) is 4.14. The molecule has 1 fully saturated rings. The SMILES string of the molecule is Cc1cc(Br)cc(C)c1C=C(CO)B1OC(C)(C)C(C)(C)O1. The van der Waals surface area contributed by atoms with E-state index in [0.717, 1.165) is 26.6 Å². The van der Waals surface area contributed by atoms with Gasteiger partial charge >= 0.3 is 7.12 Å². The molecule has 1 aromatic rings. The molecule has 22 heavy (non-hydrogen) atoms. The fourth-order valence-corrected chi connectivity index (χ4v) is 3.20. The second-order valence-corrected chi connectivity index (χ2v) is 7.83. The van der Waals surface area contributed by atoms with E-state index in [1.807, 2.05) is 33.8 Å². The summed E-state index contributed by atoms with van der Waals surface area (Å²) in [4.78, 5) is 0. The fraction of sp³-hybridized carbons (Fsp3) is 0.529. The van der Waals surface area contributed by atoms with E-state index in [1.54, 1.807) is 0 Å². The van der Waals surface area contributed by atoms with Gasteiger partial charge in [0.15, 0.2) is 0 Å². The van der Waals surface area contributed by atoms with Gasteiger partial charge in [-0.2, -0.15) is 0 Å². The number of aliphatic hydroxyl groups is 1. The Kier molecular flexibility index (Phi) is 4.93. The number of rotatable bonds is 3. The van der Waals surface area contributed by atoms with Gasteiger partial charge in [-0.25, -0.2) is 0 Å². The average Bonchev–Trinajstić information content (AvgIpc) is 2.57. The summed E-state index contributed by atoms with van der Waals surface area (Å²) < 4.78 is 13.1. The molecular weight excluding hydrogens is 343 g/mol. The van der Waals surface area contributed by atoms with E-state index in [-0.39, 0.29) is 6.61 Å². The molecule has 0 aliphatic carbocycles. The zero-order valence-electron chi connectivity index (χ0n) is 14.2. The van der Waals surface area contributed by atoms with Gasteiger partial charge in [-0.05, 0) is 75.8 Å². The Morgan fingerprint density at radius 3 is 2.00 bits per heavy atom. The van der Waals surface area contributed by atoms with Gasteiger partial charge in [-0.3, -0.25) is 0 Å². The van der Waals surface area contributed by atoms with E-state index in [4.69, 9.17) is 9.31 Å². The number of benzene rings is 1. The molecule has 1 saturated heterocycles. The molecule has 0 spiro atoms. The molecule has 1 aliphatic rings. The van der Waals surface area contributed by atoms with E-state index in [9.17, 15) is 5.11 Å². The number of hydrogen-bond donors (Lipinski definition) is 1. The van der Waals surface area contributed by atoms with E-state index in [1.165, 1.54) is 0 Å². The van der Waals surface area contributed by atoms with Gasteiger partial charge in [-0.15, -0.1) is 0 Å². The van der Waals surface area contributed by atoms with Crippen molar-refractivity contribution < 1.29 is 14.4 Å². The van der Waals surface area contributed by atoms with E-state index >= 15 is 0 Å². The maximum atomic E-state index is 9.79. The normalized spacial score (nSPS) is 20.5. The van der Waals surface area contributed by atoms with Gasteiger partial charge in [0, 0.05) is 4.47 Å². The molecule has 1 N–H and O–H groups in total. The second-order valence-electron chi connectivity index (χ2n) is 6.92. The summed E-state index contributed by atoms with van der Waals surface area (Å²) >= 11 is 3.51. The summed E-state index contributed by atoms with van der Waals surface area (Å²) in [5, 5.41) is 9.79. The highest BCUT2D eigenvalue weighted by molar-refractivity contribution is 9.10. The van der Waals surface area contributed by atoms with Gasteiger partial charge in [0.05, 0.1) is 17.8 Å². The molecule has 0 bridgehead atoms. The molecule has 0 aromatic heterocycles. The first-order valence-corrected chi connectivity index (χ1v) is 8.30. The first-order chi connectivity index (χ1) is 10.1. The molecule has 1 aromatic carbocycles. The lowest BCUT2D eigenvalue weighted by molar-refractivity contribution is 0.00578. The summed E-state index contributed by atoms with van der Waals surface area (Å²) in [5.74, 6) is 0. The summed E-state index contributed by atoms with van der Waals surface area (Å²) in [6.07, 6.45) is 1.99. The number of aryl methyl sites for hydroxylation is 2. The summed E-state index contributed by atoms with van der Waals surface area (Å²) in [5.41, 5.74) is 3.32. The van der Waals surface area contributed by atoms with E-state index in [2.05, 4.69) is 41.9 Å². The van der Waals surface area contributed by atoms with Crippen molar-refractivity contribution in [3.63, 3.8) is 0 Å². The first-order valence-electron chi connectivity index (χ1n) is 7.51. The molecule has 1 aliphatic heterocycles. The van der Waals surface area contributed by atoms with Crippen molar-refractivity contribution in [2.75, 3.05) is 6.61 Å². The molecule has 120 valence electrons. The van der Waals surface area contributed by atoms with Crippen LogP contribution in [0.25, 0.3) is 6.08 Å².